The third-order valence-electron chi connectivity index (χ3n) is 4.04. The predicted octanol–water partition coefficient (Wildman–Crippen LogP) is 4.21. The van der Waals surface area contributed by atoms with Gasteiger partial charge in [-0.3, -0.25) is 9.97 Å². The molecule has 0 amide bonds. The molecule has 4 rings (SSSR count). The summed E-state index contributed by atoms with van der Waals surface area (Å²) >= 11 is 0. The molecular formula is C19H18N6. The predicted molar refractivity (Wildman–Crippen MR) is 98.7 cm³/mol. The molecule has 1 N–H and O–H groups in total. The van der Waals surface area contributed by atoms with Crippen molar-refractivity contribution in [3.8, 4) is 11.3 Å². The van der Waals surface area contributed by atoms with Crippen molar-refractivity contribution in [1.29, 1.82) is 0 Å². The van der Waals surface area contributed by atoms with Crippen molar-refractivity contribution >= 4 is 22.5 Å². The molecule has 0 bridgehead atoms. The highest BCUT2D eigenvalue weighted by Gasteiger charge is 2.13. The van der Waals surface area contributed by atoms with Gasteiger partial charge in [0.05, 0.1) is 29.3 Å². The van der Waals surface area contributed by atoms with Gasteiger partial charge in [-0.05, 0) is 38.1 Å². The molecule has 4 aromatic heterocycles. The van der Waals surface area contributed by atoms with Crippen molar-refractivity contribution < 1.29 is 0 Å². The molecule has 0 aliphatic heterocycles. The van der Waals surface area contributed by atoms with Gasteiger partial charge in [0.2, 0.25) is 5.95 Å². The molecule has 0 spiro atoms. The molecule has 0 unspecified atom stereocenters. The zero-order valence-electron chi connectivity index (χ0n) is 14.1. The molecule has 25 heavy (non-hydrogen) atoms. The van der Waals surface area contributed by atoms with Crippen LogP contribution in [0.15, 0.2) is 61.4 Å². The largest absolute Gasteiger partial charge is 0.343 e. The molecule has 0 aliphatic carbocycles. The molecular weight excluding hydrogens is 312 g/mol. The first-order valence-corrected chi connectivity index (χ1v) is 8.17. The van der Waals surface area contributed by atoms with Crippen molar-refractivity contribution in [2.24, 2.45) is 0 Å². The van der Waals surface area contributed by atoms with Gasteiger partial charge in [0, 0.05) is 41.8 Å². The minimum absolute atomic E-state index is 0.343. The number of nitrogens with one attached hydrogen (secondary N) is 1. The average Bonchev–Trinajstić information content (AvgIpc) is 3.03. The van der Waals surface area contributed by atoms with E-state index in [0.29, 0.717) is 12.0 Å². The smallest absolute Gasteiger partial charge is 0.227 e. The number of aromatic nitrogens is 5. The van der Waals surface area contributed by atoms with Gasteiger partial charge in [0.1, 0.15) is 0 Å². The van der Waals surface area contributed by atoms with Crippen molar-refractivity contribution in [2.75, 3.05) is 5.32 Å². The Balaban J connectivity index is 1.78. The monoisotopic (exact) mass is 330 g/mol. The molecule has 4 aromatic rings. The lowest BCUT2D eigenvalue weighted by Crippen LogP contribution is -1.98. The van der Waals surface area contributed by atoms with E-state index >= 15 is 0 Å². The van der Waals surface area contributed by atoms with Crippen molar-refractivity contribution in [3.05, 3.63) is 61.4 Å². The van der Waals surface area contributed by atoms with Crippen LogP contribution in [0.3, 0.4) is 0 Å². The third-order valence-corrected chi connectivity index (χ3v) is 4.04. The maximum Gasteiger partial charge on any atom is 0.227 e. The van der Waals surface area contributed by atoms with Crippen molar-refractivity contribution in [1.82, 2.24) is 24.5 Å². The summed E-state index contributed by atoms with van der Waals surface area (Å²) < 4.78 is 2.22. The molecule has 4 heterocycles. The Bertz CT molecular complexity index is 1010. The van der Waals surface area contributed by atoms with Gasteiger partial charge in [-0.15, -0.1) is 0 Å². The fourth-order valence-electron chi connectivity index (χ4n) is 2.86. The summed E-state index contributed by atoms with van der Waals surface area (Å²) in [4.78, 5) is 17.4. The van der Waals surface area contributed by atoms with Gasteiger partial charge in [-0.25, -0.2) is 9.97 Å². The van der Waals surface area contributed by atoms with E-state index in [-0.39, 0.29) is 0 Å². The highest BCUT2D eigenvalue weighted by molar-refractivity contribution is 5.94. The first kappa shape index (κ1) is 15.3. The standard InChI is InChI=1S/C19H18N6/c1-13(2)25-12-16(15-5-8-21-11-18(15)25)17-6-9-22-19(24-17)23-14-4-3-7-20-10-14/h3-13H,1-2H3,(H,22,23,24). The summed E-state index contributed by atoms with van der Waals surface area (Å²) in [6, 6.07) is 8.10. The second kappa shape index (κ2) is 6.32. The zero-order chi connectivity index (χ0) is 17.2. The van der Waals surface area contributed by atoms with Crippen LogP contribution >= 0.6 is 0 Å². The first-order valence-electron chi connectivity index (χ1n) is 8.17. The minimum atomic E-state index is 0.343. The summed E-state index contributed by atoms with van der Waals surface area (Å²) in [6.45, 7) is 4.32. The fraction of sp³-hybridized carbons (Fsp3) is 0.158. The molecule has 124 valence electrons. The zero-order valence-corrected chi connectivity index (χ0v) is 14.1. The molecule has 0 saturated heterocycles. The van der Waals surface area contributed by atoms with E-state index < -0.39 is 0 Å². The number of pyridine rings is 2. The number of nitrogens with zero attached hydrogens (tertiary/aromatic N) is 5. The number of fused-ring (bicyclic) bond motifs is 1. The number of hydrogen-bond acceptors (Lipinski definition) is 5. The SMILES string of the molecule is CC(C)n1cc(-c2ccnc(Nc3cccnc3)n2)c2ccncc21. The van der Waals surface area contributed by atoms with Crippen LogP contribution in [0, 0.1) is 0 Å². The second-order valence-corrected chi connectivity index (χ2v) is 6.07. The molecule has 0 saturated carbocycles. The lowest BCUT2D eigenvalue weighted by Gasteiger charge is -2.08. The topological polar surface area (TPSA) is 68.5 Å². The third kappa shape index (κ3) is 2.94. The molecule has 6 nitrogen and oxygen atoms in total. The molecule has 6 heteroatoms. The maximum atomic E-state index is 4.68. The van der Waals surface area contributed by atoms with Gasteiger partial charge in [-0.2, -0.15) is 0 Å². The second-order valence-electron chi connectivity index (χ2n) is 6.07. The van der Waals surface area contributed by atoms with E-state index in [9.17, 15) is 0 Å². The van der Waals surface area contributed by atoms with E-state index in [1.807, 2.05) is 36.7 Å². The summed E-state index contributed by atoms with van der Waals surface area (Å²) in [5.74, 6) is 0.546. The van der Waals surface area contributed by atoms with Crippen LogP contribution in [0.5, 0.6) is 0 Å². The van der Waals surface area contributed by atoms with Crippen LogP contribution in [-0.4, -0.2) is 24.5 Å². The van der Waals surface area contributed by atoms with Crippen molar-refractivity contribution in [2.45, 2.75) is 19.9 Å². The van der Waals surface area contributed by atoms with E-state index in [1.54, 1.807) is 18.6 Å². The summed E-state index contributed by atoms with van der Waals surface area (Å²) in [5, 5.41) is 4.32. The Kier molecular flexibility index (Phi) is 3.85. The van der Waals surface area contributed by atoms with Crippen LogP contribution in [0.25, 0.3) is 22.2 Å². The van der Waals surface area contributed by atoms with E-state index in [4.69, 9.17) is 0 Å². The Labute approximate surface area is 145 Å². The highest BCUT2D eigenvalue weighted by Crippen LogP contribution is 2.31. The van der Waals surface area contributed by atoms with Crippen LogP contribution in [0.4, 0.5) is 11.6 Å². The van der Waals surface area contributed by atoms with Gasteiger partial charge in [0.25, 0.3) is 0 Å². The fourth-order valence-corrected chi connectivity index (χ4v) is 2.86. The molecule has 0 aromatic carbocycles. The van der Waals surface area contributed by atoms with E-state index in [2.05, 4.69) is 49.9 Å². The van der Waals surface area contributed by atoms with Crippen LogP contribution in [0.1, 0.15) is 19.9 Å². The van der Waals surface area contributed by atoms with E-state index in [1.165, 1.54) is 0 Å². The normalized spacial score (nSPS) is 11.2. The van der Waals surface area contributed by atoms with E-state index in [0.717, 1.165) is 27.8 Å². The Morgan fingerprint density at radius 1 is 1.00 bits per heavy atom. The number of rotatable bonds is 4. The lowest BCUT2D eigenvalue weighted by atomic mass is 10.1. The van der Waals surface area contributed by atoms with Gasteiger partial charge in [0.15, 0.2) is 0 Å². The average molecular weight is 330 g/mol. The number of hydrogen-bond donors (Lipinski definition) is 1. The Morgan fingerprint density at radius 2 is 1.88 bits per heavy atom. The quantitative estimate of drug-likeness (QED) is 0.607. The summed E-state index contributed by atoms with van der Waals surface area (Å²) in [5.41, 5.74) is 3.90. The Morgan fingerprint density at radius 3 is 2.68 bits per heavy atom. The van der Waals surface area contributed by atoms with Crippen LogP contribution in [-0.2, 0) is 0 Å². The highest BCUT2D eigenvalue weighted by atomic mass is 15.1. The van der Waals surface area contributed by atoms with Crippen LogP contribution < -0.4 is 5.32 Å². The van der Waals surface area contributed by atoms with Crippen LogP contribution in [0.2, 0.25) is 0 Å². The molecule has 0 radical (unpaired) electrons. The van der Waals surface area contributed by atoms with Crippen molar-refractivity contribution in [3.63, 3.8) is 0 Å². The lowest BCUT2D eigenvalue weighted by molar-refractivity contribution is 0.622. The molecule has 0 atom stereocenters. The van der Waals surface area contributed by atoms with Gasteiger partial charge < -0.3 is 9.88 Å². The maximum absolute atomic E-state index is 4.68. The minimum Gasteiger partial charge on any atom is -0.343 e. The summed E-state index contributed by atoms with van der Waals surface area (Å²) in [6.07, 6.45) is 11.1. The molecule has 0 fully saturated rings. The summed E-state index contributed by atoms with van der Waals surface area (Å²) in [7, 11) is 0. The Hall–Kier alpha value is -3.28. The first-order chi connectivity index (χ1) is 12.2. The molecule has 0 aliphatic rings. The van der Waals surface area contributed by atoms with Gasteiger partial charge >= 0.3 is 0 Å². The number of anilines is 2. The van der Waals surface area contributed by atoms with Gasteiger partial charge in [-0.1, -0.05) is 0 Å².